The summed E-state index contributed by atoms with van der Waals surface area (Å²) in [5.74, 6) is 2.80. The standard InChI is InChI=1S/C14H26S2/c1-2-3-4-5-6-7-8-9-11-14-15-12-10-13-16-14/h2,14H,1,3-13H2. The van der Waals surface area contributed by atoms with E-state index in [4.69, 9.17) is 0 Å². The number of hydrogen-bond donors (Lipinski definition) is 0. The molecule has 94 valence electrons. The third kappa shape index (κ3) is 7.67. The quantitative estimate of drug-likeness (QED) is 0.396. The van der Waals surface area contributed by atoms with E-state index in [1.165, 1.54) is 69.3 Å². The van der Waals surface area contributed by atoms with Crippen LogP contribution in [-0.2, 0) is 0 Å². The average molecular weight is 258 g/mol. The molecule has 0 unspecified atom stereocenters. The van der Waals surface area contributed by atoms with E-state index in [9.17, 15) is 0 Å². The first-order chi connectivity index (χ1) is 7.93. The van der Waals surface area contributed by atoms with Gasteiger partial charge in [-0.3, -0.25) is 0 Å². The first kappa shape index (κ1) is 14.5. The van der Waals surface area contributed by atoms with E-state index in [-0.39, 0.29) is 0 Å². The number of rotatable bonds is 9. The SMILES string of the molecule is C=CCCCCCCCCC1SCCCS1. The Balaban J connectivity index is 1.78. The summed E-state index contributed by atoms with van der Waals surface area (Å²) in [5.41, 5.74) is 0. The van der Waals surface area contributed by atoms with Gasteiger partial charge in [0.05, 0.1) is 4.58 Å². The summed E-state index contributed by atoms with van der Waals surface area (Å²) in [6.45, 7) is 3.76. The maximum absolute atomic E-state index is 3.76. The van der Waals surface area contributed by atoms with Crippen molar-refractivity contribution in [3.63, 3.8) is 0 Å². The summed E-state index contributed by atoms with van der Waals surface area (Å²) in [5, 5.41) is 0. The minimum absolute atomic E-state index is 0.925. The minimum atomic E-state index is 0.925. The van der Waals surface area contributed by atoms with Crippen LogP contribution in [0.4, 0.5) is 0 Å². The molecule has 0 saturated carbocycles. The van der Waals surface area contributed by atoms with E-state index in [0.29, 0.717) is 0 Å². The van der Waals surface area contributed by atoms with Crippen molar-refractivity contribution < 1.29 is 0 Å². The van der Waals surface area contributed by atoms with Crippen LogP contribution in [0, 0.1) is 0 Å². The molecule has 0 atom stereocenters. The maximum atomic E-state index is 3.76. The van der Waals surface area contributed by atoms with Gasteiger partial charge in [-0.1, -0.05) is 38.2 Å². The van der Waals surface area contributed by atoms with E-state index >= 15 is 0 Å². The zero-order valence-electron chi connectivity index (χ0n) is 10.5. The molecule has 1 fully saturated rings. The van der Waals surface area contributed by atoms with Crippen LogP contribution in [0.1, 0.15) is 57.8 Å². The van der Waals surface area contributed by atoms with Crippen LogP contribution < -0.4 is 0 Å². The van der Waals surface area contributed by atoms with Crippen LogP contribution in [0.25, 0.3) is 0 Å². The van der Waals surface area contributed by atoms with Gasteiger partial charge in [0.25, 0.3) is 0 Å². The molecular formula is C14H26S2. The fourth-order valence-electron chi connectivity index (χ4n) is 2.01. The lowest BCUT2D eigenvalue weighted by Crippen LogP contribution is -2.06. The van der Waals surface area contributed by atoms with Gasteiger partial charge in [-0.25, -0.2) is 0 Å². The molecule has 1 rings (SSSR count). The van der Waals surface area contributed by atoms with Crippen LogP contribution in [-0.4, -0.2) is 16.1 Å². The molecule has 1 aliphatic heterocycles. The molecule has 0 bridgehead atoms. The van der Waals surface area contributed by atoms with E-state index in [1.807, 2.05) is 6.08 Å². The van der Waals surface area contributed by atoms with Crippen molar-refractivity contribution in [2.24, 2.45) is 0 Å². The van der Waals surface area contributed by atoms with Gasteiger partial charge >= 0.3 is 0 Å². The Morgan fingerprint density at radius 3 is 2.25 bits per heavy atom. The molecule has 0 radical (unpaired) electrons. The van der Waals surface area contributed by atoms with Gasteiger partial charge in [0.2, 0.25) is 0 Å². The summed E-state index contributed by atoms with van der Waals surface area (Å²) >= 11 is 4.38. The average Bonchev–Trinajstić information content (AvgIpc) is 2.34. The second-order valence-electron chi connectivity index (χ2n) is 4.51. The maximum Gasteiger partial charge on any atom is 0.0502 e. The molecule has 0 spiro atoms. The van der Waals surface area contributed by atoms with Crippen LogP contribution >= 0.6 is 23.5 Å². The highest BCUT2D eigenvalue weighted by Gasteiger charge is 2.13. The van der Waals surface area contributed by atoms with Crippen molar-refractivity contribution in [3.8, 4) is 0 Å². The summed E-state index contributed by atoms with van der Waals surface area (Å²) in [6, 6.07) is 0. The van der Waals surface area contributed by atoms with Gasteiger partial charge in [0.1, 0.15) is 0 Å². The molecule has 1 saturated heterocycles. The molecule has 16 heavy (non-hydrogen) atoms. The van der Waals surface area contributed by atoms with E-state index in [0.717, 1.165) is 4.58 Å². The molecule has 0 amide bonds. The second-order valence-corrected chi connectivity index (χ2v) is 7.43. The van der Waals surface area contributed by atoms with Crippen molar-refractivity contribution in [1.29, 1.82) is 0 Å². The van der Waals surface area contributed by atoms with E-state index in [2.05, 4.69) is 30.1 Å². The lowest BCUT2D eigenvalue weighted by Gasteiger charge is -2.20. The highest BCUT2D eigenvalue weighted by atomic mass is 32.2. The van der Waals surface area contributed by atoms with Gasteiger partial charge in [0.15, 0.2) is 0 Å². The van der Waals surface area contributed by atoms with Crippen molar-refractivity contribution in [1.82, 2.24) is 0 Å². The predicted octanol–water partition coefficient (Wildman–Crippen LogP) is 5.49. The summed E-state index contributed by atoms with van der Waals surface area (Å²) in [7, 11) is 0. The Kier molecular flexibility index (Phi) is 9.59. The highest BCUT2D eigenvalue weighted by Crippen LogP contribution is 2.34. The monoisotopic (exact) mass is 258 g/mol. The van der Waals surface area contributed by atoms with Crippen molar-refractivity contribution in [2.75, 3.05) is 11.5 Å². The van der Waals surface area contributed by atoms with Crippen molar-refractivity contribution in [2.45, 2.75) is 62.4 Å². The first-order valence-electron chi connectivity index (χ1n) is 6.77. The van der Waals surface area contributed by atoms with Gasteiger partial charge < -0.3 is 0 Å². The number of hydrogen-bond acceptors (Lipinski definition) is 2. The van der Waals surface area contributed by atoms with E-state index in [1.54, 1.807) is 0 Å². The Morgan fingerprint density at radius 1 is 0.938 bits per heavy atom. The molecular weight excluding hydrogens is 232 g/mol. The van der Waals surface area contributed by atoms with Crippen molar-refractivity contribution >= 4 is 23.5 Å². The molecule has 2 heteroatoms. The minimum Gasteiger partial charge on any atom is -0.148 e. The number of allylic oxidation sites excluding steroid dienone is 1. The summed E-state index contributed by atoms with van der Waals surface area (Å²) < 4.78 is 0.925. The van der Waals surface area contributed by atoms with Gasteiger partial charge in [-0.2, -0.15) is 0 Å². The fraction of sp³-hybridized carbons (Fsp3) is 0.857. The number of thioether (sulfide) groups is 2. The van der Waals surface area contributed by atoms with Crippen LogP contribution in [0.2, 0.25) is 0 Å². The molecule has 0 nitrogen and oxygen atoms in total. The second kappa shape index (κ2) is 10.6. The smallest absolute Gasteiger partial charge is 0.0502 e. The van der Waals surface area contributed by atoms with Gasteiger partial charge in [-0.15, -0.1) is 30.1 Å². The Labute approximate surface area is 110 Å². The van der Waals surface area contributed by atoms with Crippen LogP contribution in [0.15, 0.2) is 12.7 Å². The Morgan fingerprint density at radius 2 is 1.56 bits per heavy atom. The Bertz CT molecular complexity index is 162. The van der Waals surface area contributed by atoms with Gasteiger partial charge in [0, 0.05) is 0 Å². The largest absolute Gasteiger partial charge is 0.148 e. The number of unbranched alkanes of at least 4 members (excludes halogenated alkanes) is 6. The zero-order chi connectivity index (χ0) is 11.5. The van der Waals surface area contributed by atoms with Crippen molar-refractivity contribution in [3.05, 3.63) is 12.7 Å². The van der Waals surface area contributed by atoms with Crippen LogP contribution in [0.3, 0.4) is 0 Å². The van der Waals surface area contributed by atoms with Crippen LogP contribution in [0.5, 0.6) is 0 Å². The topological polar surface area (TPSA) is 0 Å². The lowest BCUT2D eigenvalue weighted by atomic mass is 10.1. The third-order valence-corrected chi connectivity index (χ3v) is 6.07. The molecule has 0 N–H and O–H groups in total. The lowest BCUT2D eigenvalue weighted by molar-refractivity contribution is 0.590. The molecule has 0 aromatic heterocycles. The first-order valence-corrected chi connectivity index (χ1v) is 8.87. The molecule has 0 aromatic rings. The summed E-state index contributed by atoms with van der Waals surface area (Å²) in [6.07, 6.45) is 14.6. The van der Waals surface area contributed by atoms with E-state index < -0.39 is 0 Å². The molecule has 1 heterocycles. The Hall–Kier alpha value is 0.440. The third-order valence-electron chi connectivity index (χ3n) is 2.99. The van der Waals surface area contributed by atoms with Gasteiger partial charge in [-0.05, 0) is 37.2 Å². The fourth-order valence-corrected chi connectivity index (χ4v) is 4.97. The summed E-state index contributed by atoms with van der Waals surface area (Å²) in [4.78, 5) is 0. The zero-order valence-corrected chi connectivity index (χ0v) is 12.1. The normalized spacial score (nSPS) is 17.5. The molecule has 1 aliphatic rings. The molecule has 0 aliphatic carbocycles. The predicted molar refractivity (Wildman–Crippen MR) is 80.5 cm³/mol. The molecule has 0 aromatic carbocycles. The highest BCUT2D eigenvalue weighted by molar-refractivity contribution is 8.17.